The zero-order valence-corrected chi connectivity index (χ0v) is 9.95. The molecule has 0 aromatic carbocycles. The zero-order valence-electron chi connectivity index (χ0n) is 9.13. The third-order valence-corrected chi connectivity index (χ3v) is 4.70. The van der Waals surface area contributed by atoms with Crippen LogP contribution >= 0.6 is 11.8 Å². The Kier molecular flexibility index (Phi) is 4.65. The first-order valence-corrected chi connectivity index (χ1v) is 7.44. The highest BCUT2D eigenvalue weighted by Crippen LogP contribution is 2.21. The molecule has 1 nitrogen and oxygen atoms in total. The van der Waals surface area contributed by atoms with Crippen molar-refractivity contribution in [2.45, 2.75) is 63.5 Å². The van der Waals surface area contributed by atoms with Crippen LogP contribution in [0.5, 0.6) is 0 Å². The van der Waals surface area contributed by atoms with Gasteiger partial charge < -0.3 is 5.32 Å². The average molecular weight is 213 g/mol. The Bertz CT molecular complexity index is 146. The van der Waals surface area contributed by atoms with E-state index in [-0.39, 0.29) is 0 Å². The summed E-state index contributed by atoms with van der Waals surface area (Å²) in [4.78, 5) is 0. The molecule has 82 valence electrons. The molecule has 1 N–H and O–H groups in total. The number of hydrogen-bond donors (Lipinski definition) is 1. The van der Waals surface area contributed by atoms with Crippen molar-refractivity contribution in [3.05, 3.63) is 0 Å². The molecule has 2 aliphatic rings. The fourth-order valence-corrected chi connectivity index (χ4v) is 3.74. The van der Waals surface area contributed by atoms with Crippen molar-refractivity contribution in [1.82, 2.24) is 5.32 Å². The molecule has 2 rings (SSSR count). The van der Waals surface area contributed by atoms with Crippen molar-refractivity contribution in [2.24, 2.45) is 0 Å². The lowest BCUT2D eigenvalue weighted by molar-refractivity contribution is 0.392. The Hall–Kier alpha value is 0.310. The van der Waals surface area contributed by atoms with E-state index in [1.54, 1.807) is 0 Å². The second kappa shape index (κ2) is 6.02. The molecule has 1 saturated carbocycles. The van der Waals surface area contributed by atoms with E-state index in [1.807, 2.05) is 0 Å². The molecule has 0 amide bonds. The molecule has 0 bridgehead atoms. The highest BCUT2D eigenvalue weighted by Gasteiger charge is 2.18. The third-order valence-electron chi connectivity index (χ3n) is 3.49. The van der Waals surface area contributed by atoms with E-state index in [0.29, 0.717) is 0 Å². The summed E-state index contributed by atoms with van der Waals surface area (Å²) in [6, 6.07) is 1.68. The maximum atomic E-state index is 3.88. The summed E-state index contributed by atoms with van der Waals surface area (Å²) < 4.78 is 0. The van der Waals surface area contributed by atoms with E-state index < -0.39 is 0 Å². The first-order valence-electron chi connectivity index (χ1n) is 6.29. The van der Waals surface area contributed by atoms with Crippen LogP contribution in [0, 0.1) is 0 Å². The topological polar surface area (TPSA) is 12.0 Å². The summed E-state index contributed by atoms with van der Waals surface area (Å²) in [5.74, 6) is 2.75. The Balaban J connectivity index is 1.71. The maximum absolute atomic E-state index is 3.88. The Morgan fingerprint density at radius 1 is 0.786 bits per heavy atom. The van der Waals surface area contributed by atoms with E-state index in [2.05, 4.69) is 17.1 Å². The van der Waals surface area contributed by atoms with Crippen molar-refractivity contribution in [1.29, 1.82) is 0 Å². The van der Waals surface area contributed by atoms with Crippen molar-refractivity contribution in [3.63, 3.8) is 0 Å². The summed E-state index contributed by atoms with van der Waals surface area (Å²) in [6.45, 7) is 0. The van der Waals surface area contributed by atoms with Gasteiger partial charge in [0.2, 0.25) is 0 Å². The molecular weight excluding hydrogens is 190 g/mol. The summed E-state index contributed by atoms with van der Waals surface area (Å²) in [7, 11) is 0. The predicted octanol–water partition coefficient (Wildman–Crippen LogP) is 3.19. The Morgan fingerprint density at radius 2 is 1.50 bits per heavy atom. The van der Waals surface area contributed by atoms with E-state index in [9.17, 15) is 0 Å². The number of nitrogens with one attached hydrogen (secondary N) is 1. The van der Waals surface area contributed by atoms with Crippen molar-refractivity contribution >= 4 is 11.8 Å². The lowest BCUT2D eigenvalue weighted by Gasteiger charge is -2.27. The van der Waals surface area contributed by atoms with Crippen LogP contribution in [0.1, 0.15) is 51.4 Å². The molecule has 0 aromatic rings. The highest BCUT2D eigenvalue weighted by molar-refractivity contribution is 7.99. The molecule has 1 saturated heterocycles. The van der Waals surface area contributed by atoms with Gasteiger partial charge in [-0.1, -0.05) is 25.7 Å². The van der Waals surface area contributed by atoms with Crippen LogP contribution in [0.15, 0.2) is 0 Å². The monoisotopic (exact) mass is 213 g/mol. The van der Waals surface area contributed by atoms with E-state index in [0.717, 1.165) is 12.1 Å². The number of rotatable bonds is 2. The van der Waals surface area contributed by atoms with E-state index in [1.165, 1.54) is 62.9 Å². The van der Waals surface area contributed by atoms with Gasteiger partial charge in [0.05, 0.1) is 0 Å². The molecular formula is C12H23NS. The molecule has 1 aliphatic carbocycles. The molecule has 1 unspecified atom stereocenters. The standard InChI is InChI=1S/C12H23NS/c1-2-4-7-11(6-3-1)13-12-8-5-9-14-10-12/h11-13H,1-10H2. The van der Waals surface area contributed by atoms with Crippen LogP contribution in [0.2, 0.25) is 0 Å². The third kappa shape index (κ3) is 3.47. The van der Waals surface area contributed by atoms with Gasteiger partial charge in [0.15, 0.2) is 0 Å². The van der Waals surface area contributed by atoms with Gasteiger partial charge in [0, 0.05) is 17.8 Å². The van der Waals surface area contributed by atoms with Crippen LogP contribution in [0.3, 0.4) is 0 Å². The maximum Gasteiger partial charge on any atom is 0.0161 e. The van der Waals surface area contributed by atoms with Gasteiger partial charge in [0.25, 0.3) is 0 Å². The molecule has 0 radical (unpaired) electrons. The molecule has 1 atom stereocenters. The SMILES string of the molecule is C1CCCC(NC2CCCSC2)CC1. The van der Waals surface area contributed by atoms with E-state index >= 15 is 0 Å². The van der Waals surface area contributed by atoms with Crippen LogP contribution in [-0.2, 0) is 0 Å². The smallest absolute Gasteiger partial charge is 0.0161 e. The van der Waals surface area contributed by atoms with E-state index in [4.69, 9.17) is 0 Å². The number of hydrogen-bond acceptors (Lipinski definition) is 2. The molecule has 1 heterocycles. The summed E-state index contributed by atoms with van der Waals surface area (Å²) in [5.41, 5.74) is 0. The van der Waals surface area contributed by atoms with Gasteiger partial charge in [-0.25, -0.2) is 0 Å². The molecule has 14 heavy (non-hydrogen) atoms. The fraction of sp³-hybridized carbons (Fsp3) is 1.00. The number of thioether (sulfide) groups is 1. The summed E-state index contributed by atoms with van der Waals surface area (Å²) in [6.07, 6.45) is 11.6. The van der Waals surface area contributed by atoms with Gasteiger partial charge in [0.1, 0.15) is 0 Å². The van der Waals surface area contributed by atoms with Gasteiger partial charge in [-0.2, -0.15) is 11.8 Å². The van der Waals surface area contributed by atoms with Gasteiger partial charge in [-0.05, 0) is 31.4 Å². The first kappa shape index (κ1) is 10.8. The average Bonchev–Trinajstić information content (AvgIpc) is 2.48. The Labute approximate surface area is 92.4 Å². The minimum absolute atomic E-state index is 0.830. The minimum atomic E-state index is 0.830. The fourth-order valence-electron chi connectivity index (χ4n) is 2.65. The lowest BCUT2D eigenvalue weighted by atomic mass is 10.1. The molecule has 2 heteroatoms. The molecule has 1 aliphatic heterocycles. The summed E-state index contributed by atoms with van der Waals surface area (Å²) >= 11 is 2.13. The van der Waals surface area contributed by atoms with Crippen LogP contribution in [-0.4, -0.2) is 23.6 Å². The predicted molar refractivity (Wildman–Crippen MR) is 65.0 cm³/mol. The van der Waals surface area contributed by atoms with Crippen molar-refractivity contribution in [2.75, 3.05) is 11.5 Å². The minimum Gasteiger partial charge on any atom is -0.310 e. The quantitative estimate of drug-likeness (QED) is 0.707. The van der Waals surface area contributed by atoms with Crippen LogP contribution in [0.25, 0.3) is 0 Å². The summed E-state index contributed by atoms with van der Waals surface area (Å²) in [5, 5.41) is 3.88. The molecule has 2 fully saturated rings. The van der Waals surface area contributed by atoms with Gasteiger partial charge >= 0.3 is 0 Å². The van der Waals surface area contributed by atoms with Crippen LogP contribution < -0.4 is 5.32 Å². The van der Waals surface area contributed by atoms with Crippen molar-refractivity contribution < 1.29 is 0 Å². The van der Waals surface area contributed by atoms with Gasteiger partial charge in [-0.3, -0.25) is 0 Å². The highest BCUT2D eigenvalue weighted by atomic mass is 32.2. The largest absolute Gasteiger partial charge is 0.310 e. The second-order valence-electron chi connectivity index (χ2n) is 4.77. The molecule has 0 aromatic heterocycles. The molecule has 0 spiro atoms. The normalized spacial score (nSPS) is 31.3. The van der Waals surface area contributed by atoms with Crippen LogP contribution in [0.4, 0.5) is 0 Å². The first-order chi connectivity index (χ1) is 6.95. The van der Waals surface area contributed by atoms with Gasteiger partial charge in [-0.15, -0.1) is 0 Å². The lowest BCUT2D eigenvalue weighted by Crippen LogP contribution is -2.41. The Morgan fingerprint density at radius 3 is 2.14 bits per heavy atom. The zero-order chi connectivity index (χ0) is 9.64. The van der Waals surface area contributed by atoms with Crippen molar-refractivity contribution in [3.8, 4) is 0 Å². The second-order valence-corrected chi connectivity index (χ2v) is 5.92.